The number of halogens is 3. The van der Waals surface area contributed by atoms with E-state index in [0.29, 0.717) is 6.54 Å². The van der Waals surface area contributed by atoms with Crippen molar-refractivity contribution < 1.29 is 8.78 Å². The Labute approximate surface area is 123 Å². The van der Waals surface area contributed by atoms with E-state index in [1.165, 1.54) is 0 Å². The maximum absolute atomic E-state index is 13.8. The zero-order valence-electron chi connectivity index (χ0n) is 10.7. The molecule has 4 nitrogen and oxygen atoms in total. The molecule has 0 saturated carbocycles. The summed E-state index contributed by atoms with van der Waals surface area (Å²) in [6.45, 7) is 0.430. The lowest BCUT2D eigenvalue weighted by Gasteiger charge is -2.20. The number of nitrogens with zero attached hydrogens (tertiary/aromatic N) is 2. The molecule has 0 aliphatic rings. The van der Waals surface area contributed by atoms with Crippen molar-refractivity contribution in [1.29, 1.82) is 0 Å². The highest BCUT2D eigenvalue weighted by Gasteiger charge is 2.15. The number of pyridine rings is 1. The summed E-state index contributed by atoms with van der Waals surface area (Å²) in [5.74, 6) is 3.41. The van der Waals surface area contributed by atoms with Gasteiger partial charge in [0, 0.05) is 24.1 Å². The van der Waals surface area contributed by atoms with E-state index in [1.54, 1.807) is 11.9 Å². The lowest BCUT2D eigenvalue weighted by Crippen LogP contribution is -2.21. The van der Waals surface area contributed by atoms with Crippen LogP contribution >= 0.6 is 15.9 Å². The summed E-state index contributed by atoms with van der Waals surface area (Å²) in [7, 11) is 1.67. The van der Waals surface area contributed by atoms with Crippen molar-refractivity contribution >= 4 is 27.6 Å². The first-order valence-electron chi connectivity index (χ1n) is 5.79. The van der Waals surface area contributed by atoms with E-state index in [2.05, 4.69) is 26.3 Å². The van der Waals surface area contributed by atoms with Crippen molar-refractivity contribution in [1.82, 2.24) is 4.98 Å². The average Bonchev–Trinajstić information content (AvgIpc) is 2.38. The highest BCUT2D eigenvalue weighted by molar-refractivity contribution is 9.10. The first-order valence-corrected chi connectivity index (χ1v) is 6.59. The molecule has 0 fully saturated rings. The van der Waals surface area contributed by atoms with Crippen LogP contribution in [0.1, 0.15) is 5.56 Å². The van der Waals surface area contributed by atoms with Crippen LogP contribution in [-0.2, 0) is 6.54 Å². The summed E-state index contributed by atoms with van der Waals surface area (Å²) in [4.78, 5) is 5.42. The molecule has 1 aromatic carbocycles. The number of benzene rings is 1. The summed E-state index contributed by atoms with van der Waals surface area (Å²) in [6, 6.07) is 8.37. The Balaban J connectivity index is 2.27. The second kappa shape index (κ2) is 6.15. The zero-order valence-corrected chi connectivity index (χ0v) is 12.3. The summed E-state index contributed by atoms with van der Waals surface area (Å²) in [5, 5.41) is 0. The summed E-state index contributed by atoms with van der Waals surface area (Å²) in [5.41, 5.74) is 3.07. The van der Waals surface area contributed by atoms with Gasteiger partial charge in [0.25, 0.3) is 0 Å². The second-order valence-electron chi connectivity index (χ2n) is 4.25. The van der Waals surface area contributed by atoms with Gasteiger partial charge in [-0.1, -0.05) is 28.1 Å². The smallest absolute Gasteiger partial charge is 0.178 e. The fourth-order valence-electron chi connectivity index (χ4n) is 1.81. The highest BCUT2D eigenvalue weighted by atomic mass is 79.9. The minimum Gasteiger partial charge on any atom is -0.353 e. The van der Waals surface area contributed by atoms with E-state index >= 15 is 0 Å². The van der Waals surface area contributed by atoms with Gasteiger partial charge in [0.15, 0.2) is 23.3 Å². The number of hydrogen-bond acceptors (Lipinski definition) is 4. The van der Waals surface area contributed by atoms with Gasteiger partial charge in [-0.15, -0.1) is 0 Å². The quantitative estimate of drug-likeness (QED) is 0.662. The molecule has 0 bridgehead atoms. The Morgan fingerprint density at radius 1 is 1.30 bits per heavy atom. The third-order valence-corrected chi connectivity index (χ3v) is 3.21. The van der Waals surface area contributed by atoms with Crippen molar-refractivity contribution in [2.75, 3.05) is 17.4 Å². The molecule has 0 atom stereocenters. The van der Waals surface area contributed by atoms with Crippen LogP contribution in [0.2, 0.25) is 0 Å². The largest absolute Gasteiger partial charge is 0.353 e. The predicted molar refractivity (Wildman–Crippen MR) is 78.2 cm³/mol. The van der Waals surface area contributed by atoms with Crippen molar-refractivity contribution in [2.45, 2.75) is 6.54 Å². The van der Waals surface area contributed by atoms with Crippen molar-refractivity contribution in [3.63, 3.8) is 0 Å². The topological polar surface area (TPSA) is 54.2 Å². The van der Waals surface area contributed by atoms with Crippen LogP contribution in [0, 0.1) is 11.6 Å². The molecule has 1 heterocycles. The molecule has 3 N–H and O–H groups in total. The van der Waals surface area contributed by atoms with Crippen LogP contribution < -0.4 is 16.2 Å². The van der Waals surface area contributed by atoms with Crippen LogP contribution in [0.5, 0.6) is 0 Å². The predicted octanol–water partition coefficient (Wildman–Crippen LogP) is 3.04. The van der Waals surface area contributed by atoms with Gasteiger partial charge in [-0.05, 0) is 17.7 Å². The molecule has 0 aliphatic heterocycles. The van der Waals surface area contributed by atoms with Crippen LogP contribution in [0.3, 0.4) is 0 Å². The molecule has 0 amide bonds. The van der Waals surface area contributed by atoms with Crippen LogP contribution in [0.4, 0.5) is 20.4 Å². The van der Waals surface area contributed by atoms with Gasteiger partial charge < -0.3 is 10.3 Å². The molecule has 0 radical (unpaired) electrons. The molecule has 0 unspecified atom stereocenters. The van der Waals surface area contributed by atoms with Gasteiger partial charge in [0.05, 0.1) is 0 Å². The number of hydrogen-bond donors (Lipinski definition) is 2. The Bertz CT molecular complexity index is 621. The number of nitrogens with one attached hydrogen (secondary N) is 1. The fraction of sp³-hybridized carbons (Fsp3) is 0.154. The Kier molecular flexibility index (Phi) is 4.51. The van der Waals surface area contributed by atoms with E-state index in [-0.39, 0.29) is 11.6 Å². The SMILES string of the molecule is CN(Cc1cccc(Br)c1)c1nc(NN)c(F)cc1F. The molecule has 0 saturated heterocycles. The van der Waals surface area contributed by atoms with E-state index < -0.39 is 11.6 Å². The molecule has 7 heteroatoms. The molecular formula is C13H13BrF2N4. The lowest BCUT2D eigenvalue weighted by molar-refractivity contribution is 0.572. The molecule has 2 rings (SSSR count). The van der Waals surface area contributed by atoms with Crippen molar-refractivity contribution in [2.24, 2.45) is 5.84 Å². The number of nitrogen functional groups attached to an aromatic ring is 1. The van der Waals surface area contributed by atoms with E-state index in [1.807, 2.05) is 24.3 Å². The second-order valence-corrected chi connectivity index (χ2v) is 5.17. The first-order chi connectivity index (χ1) is 9.51. The molecule has 106 valence electrons. The van der Waals surface area contributed by atoms with Crippen molar-refractivity contribution in [3.05, 3.63) is 52.0 Å². The van der Waals surface area contributed by atoms with Crippen LogP contribution in [0.25, 0.3) is 0 Å². The monoisotopic (exact) mass is 342 g/mol. The highest BCUT2D eigenvalue weighted by Crippen LogP contribution is 2.23. The summed E-state index contributed by atoms with van der Waals surface area (Å²) in [6.07, 6.45) is 0. The maximum atomic E-state index is 13.8. The first kappa shape index (κ1) is 14.7. The third-order valence-electron chi connectivity index (χ3n) is 2.72. The van der Waals surface area contributed by atoms with Crippen LogP contribution in [0.15, 0.2) is 34.8 Å². The minimum absolute atomic E-state index is 0.0272. The maximum Gasteiger partial charge on any atom is 0.178 e. The Hall–Kier alpha value is -1.73. The van der Waals surface area contributed by atoms with Crippen LogP contribution in [-0.4, -0.2) is 12.0 Å². The third kappa shape index (κ3) is 3.23. The zero-order chi connectivity index (χ0) is 14.7. The van der Waals surface area contributed by atoms with E-state index in [4.69, 9.17) is 5.84 Å². The summed E-state index contributed by atoms with van der Waals surface area (Å²) < 4.78 is 28.0. The number of nitrogens with two attached hydrogens (primary N) is 1. The Morgan fingerprint density at radius 3 is 2.70 bits per heavy atom. The van der Waals surface area contributed by atoms with Gasteiger partial charge in [-0.25, -0.2) is 19.6 Å². The molecular weight excluding hydrogens is 330 g/mol. The Morgan fingerprint density at radius 2 is 2.05 bits per heavy atom. The van der Waals surface area contributed by atoms with Gasteiger partial charge in [-0.2, -0.15) is 0 Å². The van der Waals surface area contributed by atoms with E-state index in [0.717, 1.165) is 16.1 Å². The van der Waals surface area contributed by atoms with Gasteiger partial charge in [-0.3, -0.25) is 0 Å². The van der Waals surface area contributed by atoms with E-state index in [9.17, 15) is 8.78 Å². The lowest BCUT2D eigenvalue weighted by atomic mass is 10.2. The van der Waals surface area contributed by atoms with Gasteiger partial charge in [0.1, 0.15) is 0 Å². The number of aromatic nitrogens is 1. The average molecular weight is 343 g/mol. The molecule has 0 aliphatic carbocycles. The number of anilines is 2. The normalized spacial score (nSPS) is 10.4. The van der Waals surface area contributed by atoms with Gasteiger partial charge >= 0.3 is 0 Å². The minimum atomic E-state index is -0.829. The number of hydrazine groups is 1. The molecule has 1 aromatic heterocycles. The fourth-order valence-corrected chi connectivity index (χ4v) is 2.26. The van der Waals surface area contributed by atoms with Gasteiger partial charge in [0.2, 0.25) is 0 Å². The molecule has 20 heavy (non-hydrogen) atoms. The number of rotatable bonds is 4. The summed E-state index contributed by atoms with van der Waals surface area (Å²) >= 11 is 3.37. The standard InChI is InChI=1S/C13H13BrF2N4/c1-20(7-8-3-2-4-9(14)5-8)13-11(16)6-10(15)12(18-13)19-17/h2-6H,7,17H2,1H3,(H,18,19). The molecule has 0 spiro atoms. The van der Waals surface area contributed by atoms with Crippen molar-refractivity contribution in [3.8, 4) is 0 Å². The molecule has 2 aromatic rings.